The molecule has 0 fully saturated rings. The van der Waals surface area contributed by atoms with Crippen molar-refractivity contribution in [2.75, 3.05) is 7.11 Å². The highest BCUT2D eigenvalue weighted by atomic mass is 16.5. The summed E-state index contributed by atoms with van der Waals surface area (Å²) in [6.07, 6.45) is 4.82. The van der Waals surface area contributed by atoms with Crippen LogP contribution >= 0.6 is 0 Å². The smallest absolute Gasteiger partial charge is 0.356 e. The first kappa shape index (κ1) is 13.7. The van der Waals surface area contributed by atoms with E-state index in [0.29, 0.717) is 11.4 Å². The molecule has 0 saturated heterocycles. The first-order valence-corrected chi connectivity index (χ1v) is 6.36. The Bertz CT molecular complexity index is 871. The molecule has 3 rings (SSSR count). The molecule has 1 N–H and O–H groups in total. The molecule has 0 spiro atoms. The number of carbonyl (C=O) groups excluding carboxylic acids is 1. The van der Waals surface area contributed by atoms with Crippen molar-refractivity contribution < 1.29 is 19.4 Å². The average molecular weight is 297 g/mol. The van der Waals surface area contributed by atoms with Crippen LogP contribution in [0.15, 0.2) is 42.9 Å². The van der Waals surface area contributed by atoms with Gasteiger partial charge in [-0.2, -0.15) is 0 Å². The number of methoxy groups -OCH3 is 1. The third-order valence-electron chi connectivity index (χ3n) is 3.21. The summed E-state index contributed by atoms with van der Waals surface area (Å²) in [6, 6.07) is 6.57. The Morgan fingerprint density at radius 1 is 1.23 bits per heavy atom. The molecule has 22 heavy (non-hydrogen) atoms. The van der Waals surface area contributed by atoms with Gasteiger partial charge in [-0.25, -0.2) is 14.6 Å². The van der Waals surface area contributed by atoms with Crippen molar-refractivity contribution in [2.45, 2.75) is 0 Å². The Morgan fingerprint density at radius 3 is 2.59 bits per heavy atom. The van der Waals surface area contributed by atoms with Gasteiger partial charge in [0.15, 0.2) is 5.69 Å². The Kier molecular flexibility index (Phi) is 3.30. The molecule has 0 unspecified atom stereocenters. The maximum atomic E-state index is 11.9. The minimum atomic E-state index is -1.21. The number of carbonyl (C=O) groups is 2. The molecule has 0 aliphatic carbocycles. The van der Waals surface area contributed by atoms with Gasteiger partial charge in [0.1, 0.15) is 5.82 Å². The highest BCUT2D eigenvalue weighted by molar-refractivity contribution is 6.05. The summed E-state index contributed by atoms with van der Waals surface area (Å²) in [5.74, 6) is -1.41. The van der Waals surface area contributed by atoms with Crippen LogP contribution in [0.5, 0.6) is 0 Å². The van der Waals surface area contributed by atoms with Crippen LogP contribution in [0, 0.1) is 0 Å². The van der Waals surface area contributed by atoms with Crippen LogP contribution in [0.3, 0.4) is 0 Å². The van der Waals surface area contributed by atoms with E-state index in [-0.39, 0.29) is 16.8 Å². The summed E-state index contributed by atoms with van der Waals surface area (Å²) in [6.45, 7) is 0. The number of esters is 1. The van der Waals surface area contributed by atoms with Crippen molar-refractivity contribution in [2.24, 2.45) is 0 Å². The number of carboxylic acid groups (broad SMARTS) is 1. The molecule has 3 aromatic rings. The van der Waals surface area contributed by atoms with Crippen LogP contribution in [-0.2, 0) is 4.74 Å². The number of nitrogens with zero attached hydrogens (tertiary/aromatic N) is 3. The van der Waals surface area contributed by atoms with Crippen molar-refractivity contribution in [1.82, 2.24) is 14.4 Å². The topological polar surface area (TPSA) is 93.8 Å². The first-order valence-electron chi connectivity index (χ1n) is 6.36. The van der Waals surface area contributed by atoms with Crippen LogP contribution in [-0.4, -0.2) is 38.5 Å². The molecule has 7 heteroatoms. The number of hydrogen-bond acceptors (Lipinski definition) is 5. The number of pyridine rings is 2. The van der Waals surface area contributed by atoms with E-state index in [1.165, 1.54) is 13.2 Å². The molecule has 0 atom stereocenters. The van der Waals surface area contributed by atoms with Gasteiger partial charge >= 0.3 is 11.9 Å². The Morgan fingerprint density at radius 2 is 1.95 bits per heavy atom. The number of carboxylic acids is 1. The van der Waals surface area contributed by atoms with E-state index in [9.17, 15) is 14.7 Å². The van der Waals surface area contributed by atoms with Gasteiger partial charge in [-0.1, -0.05) is 0 Å². The zero-order chi connectivity index (χ0) is 15.7. The predicted molar refractivity (Wildman–Crippen MR) is 76.7 cm³/mol. The zero-order valence-corrected chi connectivity index (χ0v) is 11.6. The lowest BCUT2D eigenvalue weighted by atomic mass is 10.2. The van der Waals surface area contributed by atoms with E-state index in [2.05, 4.69) is 9.97 Å². The molecule has 3 aromatic heterocycles. The van der Waals surface area contributed by atoms with E-state index in [1.807, 2.05) is 0 Å². The molecule has 0 saturated carbocycles. The molecule has 0 bridgehead atoms. The monoisotopic (exact) mass is 297 g/mol. The molecule has 3 heterocycles. The summed E-state index contributed by atoms with van der Waals surface area (Å²) in [7, 11) is 1.24. The maximum absolute atomic E-state index is 11.9. The summed E-state index contributed by atoms with van der Waals surface area (Å²) in [5, 5.41) is 9.38. The van der Waals surface area contributed by atoms with Gasteiger partial charge in [-0.3, -0.25) is 9.38 Å². The SMILES string of the molecule is COC(=O)c1cccn2c(-c3ccncc3)nc(C(=O)O)c12. The van der Waals surface area contributed by atoms with Gasteiger partial charge < -0.3 is 9.84 Å². The number of aromatic carboxylic acids is 1. The van der Waals surface area contributed by atoms with Gasteiger partial charge in [-0.15, -0.1) is 0 Å². The number of rotatable bonds is 3. The van der Waals surface area contributed by atoms with Crippen LogP contribution in [0.1, 0.15) is 20.8 Å². The van der Waals surface area contributed by atoms with Crippen LogP contribution < -0.4 is 0 Å². The van der Waals surface area contributed by atoms with E-state index in [0.717, 1.165) is 0 Å². The van der Waals surface area contributed by atoms with Crippen LogP contribution in [0.2, 0.25) is 0 Å². The third kappa shape index (κ3) is 2.08. The number of ether oxygens (including phenoxy) is 1. The summed E-state index contributed by atoms with van der Waals surface area (Å²) in [5.41, 5.74) is 0.844. The number of hydrogen-bond donors (Lipinski definition) is 1. The lowest BCUT2D eigenvalue weighted by Crippen LogP contribution is -2.06. The highest BCUT2D eigenvalue weighted by Crippen LogP contribution is 2.25. The lowest BCUT2D eigenvalue weighted by Gasteiger charge is -2.04. The van der Waals surface area contributed by atoms with E-state index in [1.54, 1.807) is 41.2 Å². The van der Waals surface area contributed by atoms with Gasteiger partial charge in [0.05, 0.1) is 18.2 Å². The Hall–Kier alpha value is -3.22. The predicted octanol–water partition coefficient (Wildman–Crippen LogP) is 1.88. The van der Waals surface area contributed by atoms with Crippen molar-refractivity contribution in [3.63, 3.8) is 0 Å². The quantitative estimate of drug-likeness (QED) is 0.742. The fourth-order valence-electron chi connectivity index (χ4n) is 2.27. The number of aromatic nitrogens is 3. The van der Waals surface area contributed by atoms with Crippen molar-refractivity contribution in [3.8, 4) is 11.4 Å². The van der Waals surface area contributed by atoms with Crippen molar-refractivity contribution in [3.05, 3.63) is 54.1 Å². The molecule has 7 nitrogen and oxygen atoms in total. The minimum absolute atomic E-state index is 0.148. The average Bonchev–Trinajstić information content (AvgIpc) is 2.95. The molecular weight excluding hydrogens is 286 g/mol. The van der Waals surface area contributed by atoms with Gasteiger partial charge in [0, 0.05) is 24.2 Å². The van der Waals surface area contributed by atoms with Crippen molar-refractivity contribution >= 4 is 17.5 Å². The second kappa shape index (κ2) is 5.28. The van der Waals surface area contributed by atoms with E-state index < -0.39 is 11.9 Å². The second-order valence-corrected chi connectivity index (χ2v) is 4.46. The zero-order valence-electron chi connectivity index (χ0n) is 11.6. The Labute approximate surface area is 124 Å². The van der Waals surface area contributed by atoms with E-state index >= 15 is 0 Å². The summed E-state index contributed by atoms with van der Waals surface area (Å²) in [4.78, 5) is 31.5. The largest absolute Gasteiger partial charge is 0.476 e. The van der Waals surface area contributed by atoms with Crippen LogP contribution in [0.4, 0.5) is 0 Å². The van der Waals surface area contributed by atoms with E-state index in [4.69, 9.17) is 4.74 Å². The fraction of sp³-hybridized carbons (Fsp3) is 0.0667. The standard InChI is InChI=1S/C15H11N3O4/c1-22-15(21)10-3-2-8-18-12(10)11(14(19)20)17-13(18)9-4-6-16-7-5-9/h2-8H,1H3,(H,19,20). The van der Waals surface area contributed by atoms with Gasteiger partial charge in [0.2, 0.25) is 0 Å². The molecule has 110 valence electrons. The fourth-order valence-corrected chi connectivity index (χ4v) is 2.27. The molecular formula is C15H11N3O4. The molecule has 0 aromatic carbocycles. The summed E-state index contributed by atoms with van der Waals surface area (Å²) < 4.78 is 6.27. The number of fused-ring (bicyclic) bond motifs is 1. The highest BCUT2D eigenvalue weighted by Gasteiger charge is 2.23. The van der Waals surface area contributed by atoms with Crippen molar-refractivity contribution in [1.29, 1.82) is 0 Å². The van der Waals surface area contributed by atoms with Crippen LogP contribution in [0.25, 0.3) is 16.9 Å². The minimum Gasteiger partial charge on any atom is -0.476 e. The maximum Gasteiger partial charge on any atom is 0.356 e. The van der Waals surface area contributed by atoms with Gasteiger partial charge in [0.25, 0.3) is 0 Å². The third-order valence-corrected chi connectivity index (χ3v) is 3.21. The Balaban J connectivity index is 2.38. The second-order valence-electron chi connectivity index (χ2n) is 4.46. The molecule has 0 aliphatic rings. The normalized spacial score (nSPS) is 10.6. The molecule has 0 aliphatic heterocycles. The number of imidazole rings is 1. The molecule has 0 radical (unpaired) electrons. The summed E-state index contributed by atoms with van der Waals surface area (Å²) >= 11 is 0. The molecule has 0 amide bonds. The van der Waals surface area contributed by atoms with Gasteiger partial charge in [-0.05, 0) is 24.3 Å². The lowest BCUT2D eigenvalue weighted by molar-refractivity contribution is 0.0602. The first-order chi connectivity index (χ1) is 10.6.